The van der Waals surface area contributed by atoms with Crippen LogP contribution in [-0.2, 0) is 4.79 Å². The highest BCUT2D eigenvalue weighted by Gasteiger charge is 2.31. The third kappa shape index (κ3) is 5.19. The third-order valence-electron chi connectivity index (χ3n) is 5.65. The minimum atomic E-state index is -0.438. The fourth-order valence-electron chi connectivity index (χ4n) is 4.00. The summed E-state index contributed by atoms with van der Waals surface area (Å²) >= 11 is 1.56. The Morgan fingerprint density at radius 3 is 2.44 bits per heavy atom. The molecule has 138 valence electrons. The molecule has 5 nitrogen and oxygen atoms in total. The van der Waals surface area contributed by atoms with Gasteiger partial charge in [-0.05, 0) is 69.8 Å². The number of nitrogens with two attached hydrogens (primary N) is 1. The van der Waals surface area contributed by atoms with Crippen LogP contribution in [0.15, 0.2) is 29.4 Å². The normalized spacial score (nSPS) is 22.1. The first-order chi connectivity index (χ1) is 12.1. The summed E-state index contributed by atoms with van der Waals surface area (Å²) in [6.45, 7) is 4.19. The van der Waals surface area contributed by atoms with E-state index in [1.807, 2.05) is 23.1 Å². The van der Waals surface area contributed by atoms with E-state index in [2.05, 4.69) is 16.9 Å². The number of piperidine rings is 2. The zero-order chi connectivity index (χ0) is 17.6. The number of aromatic nitrogens is 1. The van der Waals surface area contributed by atoms with E-state index in [0.717, 1.165) is 42.8 Å². The Balaban J connectivity index is 1.41. The molecule has 3 rings (SSSR count). The number of carbonyl (C=O) groups excluding carboxylic acids is 1. The second-order valence-electron chi connectivity index (χ2n) is 7.39. The molecular formula is C19H30N4OS. The summed E-state index contributed by atoms with van der Waals surface area (Å²) in [5.74, 6) is 2.33. The van der Waals surface area contributed by atoms with Crippen molar-refractivity contribution in [3.05, 3.63) is 24.4 Å². The first-order valence-electron chi connectivity index (χ1n) is 9.40. The standard InChI is InChI=1S/C19H30N4OS/c1-22-10-5-15(6-11-22)16-7-12-23(13-8-16)19(24)17(20)14-25-18-4-2-3-9-21-18/h2-4,9,15-17H,5-8,10-14,20H2,1H3/t17-/m1/s1. The monoisotopic (exact) mass is 362 g/mol. The third-order valence-corrected chi connectivity index (χ3v) is 6.71. The second kappa shape index (κ2) is 9.01. The van der Waals surface area contributed by atoms with Gasteiger partial charge in [0, 0.05) is 25.0 Å². The van der Waals surface area contributed by atoms with Gasteiger partial charge in [0.05, 0.1) is 11.1 Å². The summed E-state index contributed by atoms with van der Waals surface area (Å²) in [6.07, 6.45) is 6.68. The average molecular weight is 363 g/mol. The smallest absolute Gasteiger partial charge is 0.240 e. The van der Waals surface area contributed by atoms with Crippen LogP contribution in [0.3, 0.4) is 0 Å². The number of hydrogen-bond donors (Lipinski definition) is 1. The largest absolute Gasteiger partial charge is 0.341 e. The van der Waals surface area contributed by atoms with Gasteiger partial charge < -0.3 is 15.5 Å². The Morgan fingerprint density at radius 1 is 1.20 bits per heavy atom. The lowest BCUT2D eigenvalue weighted by atomic mass is 9.79. The van der Waals surface area contributed by atoms with Crippen LogP contribution in [0.4, 0.5) is 0 Å². The van der Waals surface area contributed by atoms with Crippen LogP contribution in [0.2, 0.25) is 0 Å². The molecule has 0 radical (unpaired) electrons. The van der Waals surface area contributed by atoms with Crippen LogP contribution in [-0.4, -0.2) is 65.7 Å². The molecule has 2 fully saturated rings. The SMILES string of the molecule is CN1CCC(C2CCN(C(=O)[C@H](N)CSc3ccccn3)CC2)CC1. The van der Waals surface area contributed by atoms with Crippen LogP contribution in [0, 0.1) is 11.8 Å². The first-order valence-corrected chi connectivity index (χ1v) is 10.4. The van der Waals surface area contributed by atoms with Crippen LogP contribution < -0.4 is 5.73 Å². The van der Waals surface area contributed by atoms with Crippen LogP contribution in [0.25, 0.3) is 0 Å². The second-order valence-corrected chi connectivity index (χ2v) is 8.43. The lowest BCUT2D eigenvalue weighted by Gasteiger charge is -2.40. The van der Waals surface area contributed by atoms with Gasteiger partial charge in [-0.3, -0.25) is 4.79 Å². The molecule has 3 heterocycles. The molecule has 2 N–H and O–H groups in total. The molecule has 25 heavy (non-hydrogen) atoms. The summed E-state index contributed by atoms with van der Waals surface area (Å²) in [5.41, 5.74) is 6.14. The molecule has 0 aliphatic carbocycles. The van der Waals surface area contributed by atoms with Gasteiger partial charge in [-0.2, -0.15) is 0 Å². The maximum atomic E-state index is 12.6. The fourth-order valence-corrected chi connectivity index (χ4v) is 4.81. The number of nitrogens with zero attached hydrogens (tertiary/aromatic N) is 3. The van der Waals surface area contributed by atoms with E-state index in [1.54, 1.807) is 18.0 Å². The summed E-state index contributed by atoms with van der Waals surface area (Å²) in [6, 6.07) is 5.36. The van der Waals surface area contributed by atoms with Gasteiger partial charge in [0.25, 0.3) is 0 Å². The lowest BCUT2D eigenvalue weighted by Crippen LogP contribution is -2.49. The number of carbonyl (C=O) groups is 1. The van der Waals surface area contributed by atoms with Crippen molar-refractivity contribution in [3.8, 4) is 0 Å². The summed E-state index contributed by atoms with van der Waals surface area (Å²) in [7, 11) is 2.21. The van der Waals surface area contributed by atoms with E-state index < -0.39 is 6.04 Å². The molecule has 0 bridgehead atoms. The zero-order valence-electron chi connectivity index (χ0n) is 15.1. The van der Waals surface area contributed by atoms with Crippen molar-refractivity contribution in [1.29, 1.82) is 0 Å². The molecule has 1 atom stereocenters. The molecular weight excluding hydrogens is 332 g/mol. The Kier molecular flexibility index (Phi) is 6.73. The molecule has 0 unspecified atom stereocenters. The zero-order valence-corrected chi connectivity index (χ0v) is 16.0. The Labute approximate surface area is 155 Å². The van der Waals surface area contributed by atoms with Crippen molar-refractivity contribution in [2.45, 2.75) is 36.8 Å². The molecule has 1 aromatic rings. The highest BCUT2D eigenvalue weighted by atomic mass is 32.2. The van der Waals surface area contributed by atoms with Crippen LogP contribution in [0.1, 0.15) is 25.7 Å². The van der Waals surface area contributed by atoms with Crippen molar-refractivity contribution in [2.24, 2.45) is 17.6 Å². The highest BCUT2D eigenvalue weighted by molar-refractivity contribution is 7.99. The molecule has 0 spiro atoms. The maximum absolute atomic E-state index is 12.6. The number of rotatable bonds is 5. The highest BCUT2D eigenvalue weighted by Crippen LogP contribution is 2.32. The van der Waals surface area contributed by atoms with E-state index >= 15 is 0 Å². The molecule has 2 aliphatic rings. The number of amides is 1. The van der Waals surface area contributed by atoms with E-state index in [0.29, 0.717) is 5.75 Å². The van der Waals surface area contributed by atoms with Crippen molar-refractivity contribution in [1.82, 2.24) is 14.8 Å². The van der Waals surface area contributed by atoms with E-state index in [4.69, 9.17) is 5.73 Å². The lowest BCUT2D eigenvalue weighted by molar-refractivity contribution is -0.133. The Bertz CT molecular complexity index is 540. The molecule has 2 saturated heterocycles. The van der Waals surface area contributed by atoms with Crippen LogP contribution in [0.5, 0.6) is 0 Å². The van der Waals surface area contributed by atoms with Gasteiger partial charge in [0.2, 0.25) is 5.91 Å². The maximum Gasteiger partial charge on any atom is 0.240 e. The summed E-state index contributed by atoms with van der Waals surface area (Å²) in [5, 5.41) is 0.923. The van der Waals surface area contributed by atoms with Gasteiger partial charge in [-0.25, -0.2) is 4.98 Å². The van der Waals surface area contributed by atoms with Gasteiger partial charge in [0.15, 0.2) is 0 Å². The van der Waals surface area contributed by atoms with Gasteiger partial charge in [-0.15, -0.1) is 11.8 Å². The number of hydrogen-bond acceptors (Lipinski definition) is 5. The summed E-state index contributed by atoms with van der Waals surface area (Å²) < 4.78 is 0. The topological polar surface area (TPSA) is 62.5 Å². The molecule has 1 aromatic heterocycles. The first kappa shape index (κ1) is 18.7. The van der Waals surface area contributed by atoms with Gasteiger partial charge in [-0.1, -0.05) is 6.07 Å². The van der Waals surface area contributed by atoms with Crippen molar-refractivity contribution in [3.63, 3.8) is 0 Å². The fraction of sp³-hybridized carbons (Fsp3) is 0.684. The molecule has 2 aliphatic heterocycles. The predicted octanol–water partition coefficient (Wildman–Crippen LogP) is 2.08. The minimum absolute atomic E-state index is 0.102. The van der Waals surface area contributed by atoms with Crippen molar-refractivity contribution < 1.29 is 4.79 Å². The minimum Gasteiger partial charge on any atom is -0.341 e. The number of likely N-dealkylation sites (tertiary alicyclic amines) is 2. The van der Waals surface area contributed by atoms with Gasteiger partial charge in [0.1, 0.15) is 0 Å². The molecule has 6 heteroatoms. The average Bonchev–Trinajstić information content (AvgIpc) is 2.67. The van der Waals surface area contributed by atoms with E-state index in [9.17, 15) is 4.79 Å². The predicted molar refractivity (Wildman–Crippen MR) is 102 cm³/mol. The van der Waals surface area contributed by atoms with Crippen molar-refractivity contribution >= 4 is 17.7 Å². The molecule has 0 aromatic carbocycles. The number of thioether (sulfide) groups is 1. The molecule has 0 saturated carbocycles. The summed E-state index contributed by atoms with van der Waals surface area (Å²) in [4.78, 5) is 21.3. The molecule has 1 amide bonds. The van der Waals surface area contributed by atoms with E-state index in [1.165, 1.54) is 25.9 Å². The van der Waals surface area contributed by atoms with Gasteiger partial charge >= 0.3 is 0 Å². The number of pyridine rings is 1. The van der Waals surface area contributed by atoms with Crippen LogP contribution >= 0.6 is 11.8 Å². The Hall–Kier alpha value is -1.11. The Morgan fingerprint density at radius 2 is 1.84 bits per heavy atom. The quantitative estimate of drug-likeness (QED) is 0.813. The van der Waals surface area contributed by atoms with E-state index in [-0.39, 0.29) is 5.91 Å². The van der Waals surface area contributed by atoms with Crippen molar-refractivity contribution in [2.75, 3.05) is 39.0 Å².